The zero-order valence-electron chi connectivity index (χ0n) is 22.9. The summed E-state index contributed by atoms with van der Waals surface area (Å²) in [6, 6.07) is 5.74. The fourth-order valence-corrected chi connectivity index (χ4v) is 6.41. The van der Waals surface area contributed by atoms with E-state index < -0.39 is 28.5 Å². The molecule has 0 radical (unpaired) electrons. The van der Waals surface area contributed by atoms with Crippen LogP contribution in [0.15, 0.2) is 41.3 Å². The fourth-order valence-electron chi connectivity index (χ4n) is 6.41. The number of benzene rings is 2. The first-order chi connectivity index (χ1) is 19.0. The number of carbonyl (C=O) groups excluding carboxylic acids is 3. The number of carbonyl (C=O) groups is 3. The summed E-state index contributed by atoms with van der Waals surface area (Å²) >= 11 is 0. The number of aromatic hydroxyl groups is 2. The molecule has 0 bridgehead atoms. The number of ether oxygens (including phenoxy) is 2. The van der Waals surface area contributed by atoms with Gasteiger partial charge in [-0.15, -0.1) is 0 Å². The predicted molar refractivity (Wildman–Crippen MR) is 147 cm³/mol. The number of aryl methyl sites for hydroxylation is 1. The van der Waals surface area contributed by atoms with E-state index >= 15 is 0 Å². The maximum absolute atomic E-state index is 14.2. The normalized spacial score (nSPS) is 22.7. The molecule has 1 aromatic heterocycles. The number of fused-ring (bicyclic) bond motifs is 6. The van der Waals surface area contributed by atoms with Gasteiger partial charge < -0.3 is 30.0 Å². The van der Waals surface area contributed by atoms with Gasteiger partial charge in [-0.3, -0.25) is 14.4 Å². The molecule has 9 heteroatoms. The van der Waals surface area contributed by atoms with Gasteiger partial charge in [-0.25, -0.2) is 0 Å². The van der Waals surface area contributed by atoms with Crippen molar-refractivity contribution in [1.82, 2.24) is 10.3 Å². The number of phenols is 2. The summed E-state index contributed by atoms with van der Waals surface area (Å²) in [6.07, 6.45) is 3.86. The molecule has 9 nitrogen and oxygen atoms in total. The Morgan fingerprint density at radius 3 is 2.65 bits per heavy atom. The van der Waals surface area contributed by atoms with E-state index in [4.69, 9.17) is 9.47 Å². The molecule has 40 heavy (non-hydrogen) atoms. The van der Waals surface area contributed by atoms with Crippen molar-refractivity contribution in [3.63, 3.8) is 0 Å². The first-order valence-corrected chi connectivity index (χ1v) is 13.2. The Balaban J connectivity index is 1.44. The molecule has 0 fully saturated rings. The van der Waals surface area contributed by atoms with Gasteiger partial charge in [0.05, 0.1) is 24.3 Å². The van der Waals surface area contributed by atoms with E-state index in [-0.39, 0.29) is 45.6 Å². The molecule has 4 N–H and O–H groups in total. The number of ketones is 3. The Kier molecular flexibility index (Phi) is 5.62. The summed E-state index contributed by atoms with van der Waals surface area (Å²) in [6.45, 7) is 5.99. The van der Waals surface area contributed by atoms with Crippen LogP contribution in [-0.2, 0) is 21.4 Å². The van der Waals surface area contributed by atoms with E-state index in [0.717, 1.165) is 41.6 Å². The summed E-state index contributed by atoms with van der Waals surface area (Å²) in [7, 11) is 1.64. The Hall–Kier alpha value is -4.53. The zero-order chi connectivity index (χ0) is 28.7. The molecule has 1 unspecified atom stereocenters. The van der Waals surface area contributed by atoms with E-state index in [2.05, 4.69) is 10.3 Å². The molecule has 0 amide bonds. The quantitative estimate of drug-likeness (QED) is 0.211. The molecule has 0 saturated carbocycles. The maximum Gasteiger partial charge on any atom is 0.194 e. The Labute approximate surface area is 230 Å². The average molecular weight is 543 g/mol. The van der Waals surface area contributed by atoms with Crippen molar-refractivity contribution in [1.29, 1.82) is 0 Å². The van der Waals surface area contributed by atoms with Crippen molar-refractivity contribution < 1.29 is 34.1 Å². The van der Waals surface area contributed by atoms with Gasteiger partial charge in [-0.05, 0) is 70.7 Å². The minimum atomic E-state index is -1.55. The second kappa shape index (κ2) is 8.74. The van der Waals surface area contributed by atoms with E-state index in [9.17, 15) is 24.6 Å². The summed E-state index contributed by atoms with van der Waals surface area (Å²) in [5, 5.41) is 26.1. The molecule has 3 aliphatic rings. The van der Waals surface area contributed by atoms with Gasteiger partial charge in [0.2, 0.25) is 0 Å². The smallest absolute Gasteiger partial charge is 0.194 e. The molecular formula is C31H30N2O7. The second-order valence-electron chi connectivity index (χ2n) is 10.9. The van der Waals surface area contributed by atoms with Gasteiger partial charge in [0.25, 0.3) is 0 Å². The first kappa shape index (κ1) is 25.7. The lowest BCUT2D eigenvalue weighted by Gasteiger charge is -2.30. The minimum Gasteiger partial charge on any atom is -0.507 e. The molecule has 206 valence electrons. The van der Waals surface area contributed by atoms with Gasteiger partial charge in [0, 0.05) is 33.9 Å². The van der Waals surface area contributed by atoms with Crippen LogP contribution in [0, 0.1) is 6.92 Å². The van der Waals surface area contributed by atoms with E-state index in [1.54, 1.807) is 21.0 Å². The number of aromatic nitrogens is 1. The standard InChI is InChI=1S/C31H30N2O7/c1-13-27(36)24(15(3)34)29-25(28(13)37)31(4)22(40-29)12-21(35)23(30(31)38)14(2)32-20-8-6-7-17-18-11-16(39-5)9-10-19(18)33-26(17)20/h9-12,20,32-33,36-37H,6-8H2,1-5H3/b23-14+/t20?,31-/m0/s1. The SMILES string of the molecule is COc1ccc2[nH]c3c(c2c1)CCCC3N/C(C)=C1\C(=O)C=C2Oc3c(C(C)=O)c(O)c(C)c(O)c3[C@@]2(C)C1=O. The fraction of sp³-hybridized carbons (Fsp3) is 0.323. The highest BCUT2D eigenvalue weighted by Crippen LogP contribution is 2.57. The van der Waals surface area contributed by atoms with Crippen LogP contribution in [0.25, 0.3) is 10.9 Å². The summed E-state index contributed by atoms with van der Waals surface area (Å²) in [4.78, 5) is 43.4. The molecule has 0 saturated heterocycles. The van der Waals surface area contributed by atoms with Crippen LogP contribution in [0.5, 0.6) is 23.0 Å². The van der Waals surface area contributed by atoms with Crippen molar-refractivity contribution >= 4 is 28.3 Å². The molecule has 0 spiro atoms. The molecule has 2 heterocycles. The van der Waals surface area contributed by atoms with Crippen LogP contribution >= 0.6 is 0 Å². The topological polar surface area (TPSA) is 138 Å². The van der Waals surface area contributed by atoms with Crippen molar-refractivity contribution in [2.75, 3.05) is 7.11 Å². The largest absolute Gasteiger partial charge is 0.507 e. The van der Waals surface area contributed by atoms with Crippen LogP contribution in [-0.4, -0.2) is 39.7 Å². The number of Topliss-reactive ketones (excluding diaryl/α,β-unsaturated/α-hetero) is 2. The van der Waals surface area contributed by atoms with Crippen LogP contribution < -0.4 is 14.8 Å². The average Bonchev–Trinajstić information content (AvgIpc) is 3.43. The summed E-state index contributed by atoms with van der Waals surface area (Å²) in [5.74, 6) is -1.64. The number of methoxy groups -OCH3 is 1. The third-order valence-electron chi connectivity index (χ3n) is 8.56. The third-order valence-corrected chi connectivity index (χ3v) is 8.56. The van der Waals surface area contributed by atoms with Gasteiger partial charge in [-0.1, -0.05) is 0 Å². The van der Waals surface area contributed by atoms with Gasteiger partial charge in [0.1, 0.15) is 39.7 Å². The molecule has 1 aliphatic heterocycles. The van der Waals surface area contributed by atoms with Crippen LogP contribution in [0.2, 0.25) is 0 Å². The number of hydrogen-bond acceptors (Lipinski definition) is 8. The van der Waals surface area contributed by atoms with Crippen LogP contribution in [0.4, 0.5) is 0 Å². The van der Waals surface area contributed by atoms with Crippen molar-refractivity contribution in [2.24, 2.45) is 0 Å². The van der Waals surface area contributed by atoms with Crippen molar-refractivity contribution in [3.8, 4) is 23.0 Å². The highest BCUT2D eigenvalue weighted by atomic mass is 16.5. The van der Waals surface area contributed by atoms with Gasteiger partial charge in [-0.2, -0.15) is 0 Å². The van der Waals surface area contributed by atoms with Gasteiger partial charge >= 0.3 is 0 Å². The number of rotatable bonds is 4. The molecule has 2 aromatic carbocycles. The summed E-state index contributed by atoms with van der Waals surface area (Å²) in [5.41, 5.74) is 2.01. The third kappa shape index (κ3) is 3.36. The number of phenolic OH excluding ortho intramolecular Hbond substituents is 2. The van der Waals surface area contributed by atoms with Gasteiger partial charge in [0.15, 0.2) is 17.3 Å². The molecule has 3 aromatic rings. The molecule has 2 atom stereocenters. The van der Waals surface area contributed by atoms with Crippen LogP contribution in [0.3, 0.4) is 0 Å². The first-order valence-electron chi connectivity index (χ1n) is 13.2. The molecule has 2 aliphatic carbocycles. The van der Waals surface area contributed by atoms with E-state index in [0.29, 0.717) is 5.70 Å². The van der Waals surface area contributed by atoms with Crippen LogP contribution in [0.1, 0.15) is 72.4 Å². The lowest BCUT2D eigenvalue weighted by Crippen LogP contribution is -2.41. The number of allylic oxidation sites excluding steroid dienone is 4. The number of nitrogens with one attached hydrogen (secondary N) is 2. The number of hydrogen-bond donors (Lipinski definition) is 4. The Morgan fingerprint density at radius 2 is 1.95 bits per heavy atom. The highest BCUT2D eigenvalue weighted by Gasteiger charge is 2.56. The minimum absolute atomic E-state index is 0.0152. The second-order valence-corrected chi connectivity index (χ2v) is 10.9. The summed E-state index contributed by atoms with van der Waals surface area (Å²) < 4.78 is 11.3. The Morgan fingerprint density at radius 1 is 1.20 bits per heavy atom. The Bertz CT molecular complexity index is 1740. The lowest BCUT2D eigenvalue weighted by molar-refractivity contribution is -0.123. The zero-order valence-corrected chi connectivity index (χ0v) is 22.9. The predicted octanol–water partition coefficient (Wildman–Crippen LogP) is 4.73. The maximum atomic E-state index is 14.2. The van der Waals surface area contributed by atoms with E-state index in [1.165, 1.54) is 25.5 Å². The lowest BCUT2D eigenvalue weighted by atomic mass is 9.70. The number of H-pyrrole nitrogens is 1. The molecule has 6 rings (SSSR count). The monoisotopic (exact) mass is 542 g/mol. The molecular weight excluding hydrogens is 512 g/mol. The van der Waals surface area contributed by atoms with E-state index in [1.807, 2.05) is 18.2 Å². The van der Waals surface area contributed by atoms with Crippen molar-refractivity contribution in [2.45, 2.75) is 58.4 Å². The highest BCUT2D eigenvalue weighted by molar-refractivity contribution is 6.31. The number of aromatic amines is 1. The van der Waals surface area contributed by atoms with Crippen molar-refractivity contribution in [3.05, 3.63) is 69.3 Å².